The van der Waals surface area contributed by atoms with Crippen LogP contribution in [0.3, 0.4) is 0 Å². The summed E-state index contributed by atoms with van der Waals surface area (Å²) in [6.45, 7) is 0.461. The van der Waals surface area contributed by atoms with Crippen molar-refractivity contribution in [2.24, 2.45) is 0 Å². The molecule has 4 nitrogen and oxygen atoms in total. The fraction of sp³-hybridized carbons (Fsp3) is 0.0588. The van der Waals surface area contributed by atoms with Crippen molar-refractivity contribution in [1.29, 1.82) is 0 Å². The van der Waals surface area contributed by atoms with Crippen LogP contribution >= 0.6 is 47.0 Å². The van der Waals surface area contributed by atoms with Crippen LogP contribution in [0.1, 0.15) is 5.56 Å². The molecule has 2 aromatic carbocycles. The smallest absolute Gasteiger partial charge is 0.176 e. The van der Waals surface area contributed by atoms with E-state index < -0.39 is 0 Å². The SMILES string of the molecule is Fc1cccc(NC(=S)Nc2nn(Cc3ccc(Cl)c(Cl)c3)cc2Cl)c1. The fourth-order valence-corrected chi connectivity index (χ4v) is 2.96. The zero-order chi connectivity index (χ0) is 18.7. The number of hydrogen-bond acceptors (Lipinski definition) is 2. The lowest BCUT2D eigenvalue weighted by atomic mass is 10.2. The van der Waals surface area contributed by atoms with Crippen molar-refractivity contribution in [3.05, 3.63) is 75.1 Å². The van der Waals surface area contributed by atoms with Gasteiger partial charge in [-0.05, 0) is 48.1 Å². The van der Waals surface area contributed by atoms with E-state index in [-0.39, 0.29) is 10.9 Å². The minimum Gasteiger partial charge on any atom is -0.332 e. The van der Waals surface area contributed by atoms with Gasteiger partial charge in [-0.25, -0.2) is 4.39 Å². The van der Waals surface area contributed by atoms with Gasteiger partial charge in [0.2, 0.25) is 0 Å². The number of nitrogens with zero attached hydrogens (tertiary/aromatic N) is 2. The van der Waals surface area contributed by atoms with Gasteiger partial charge in [0, 0.05) is 11.9 Å². The maximum atomic E-state index is 13.2. The molecule has 0 radical (unpaired) electrons. The van der Waals surface area contributed by atoms with Gasteiger partial charge in [-0.3, -0.25) is 4.68 Å². The van der Waals surface area contributed by atoms with Crippen LogP contribution in [0.25, 0.3) is 0 Å². The molecule has 0 bridgehead atoms. The maximum absolute atomic E-state index is 13.2. The molecule has 9 heteroatoms. The molecule has 1 aromatic heterocycles. The molecular weight excluding hydrogens is 418 g/mol. The molecule has 3 aromatic rings. The summed E-state index contributed by atoms with van der Waals surface area (Å²) in [6, 6.07) is 11.3. The highest BCUT2D eigenvalue weighted by Gasteiger charge is 2.10. The van der Waals surface area contributed by atoms with Gasteiger partial charge >= 0.3 is 0 Å². The summed E-state index contributed by atoms with van der Waals surface area (Å²) >= 11 is 23.3. The Hall–Kier alpha value is -1.86. The summed E-state index contributed by atoms with van der Waals surface area (Å²) in [7, 11) is 0. The molecule has 0 aliphatic rings. The number of thiocarbonyl (C=S) groups is 1. The van der Waals surface area contributed by atoms with Crippen LogP contribution in [0.15, 0.2) is 48.7 Å². The van der Waals surface area contributed by atoms with E-state index in [4.69, 9.17) is 47.0 Å². The lowest BCUT2D eigenvalue weighted by Crippen LogP contribution is -2.19. The standard InChI is InChI=1S/C17H12Cl3FN4S/c18-13-5-4-10(6-14(13)19)8-25-9-15(20)16(24-25)23-17(26)22-12-3-1-2-11(21)7-12/h1-7,9H,8H2,(H2,22,23,24,26). The fourth-order valence-electron chi connectivity index (χ4n) is 2.22. The van der Waals surface area contributed by atoms with Gasteiger partial charge in [-0.15, -0.1) is 0 Å². The zero-order valence-corrected chi connectivity index (χ0v) is 16.2. The summed E-state index contributed by atoms with van der Waals surface area (Å²) in [5, 5.41) is 11.7. The van der Waals surface area contributed by atoms with Crippen LogP contribution in [0, 0.1) is 5.82 Å². The zero-order valence-electron chi connectivity index (χ0n) is 13.1. The summed E-state index contributed by atoms with van der Waals surface area (Å²) in [6.07, 6.45) is 1.66. The van der Waals surface area contributed by atoms with Crippen LogP contribution in [-0.2, 0) is 6.54 Å². The van der Waals surface area contributed by atoms with Gasteiger partial charge in [-0.2, -0.15) is 5.10 Å². The van der Waals surface area contributed by atoms with Gasteiger partial charge < -0.3 is 10.6 Å². The molecule has 134 valence electrons. The highest BCUT2D eigenvalue weighted by atomic mass is 35.5. The third kappa shape index (κ3) is 4.86. The average Bonchev–Trinajstić information content (AvgIpc) is 2.90. The molecule has 0 aliphatic heterocycles. The molecule has 3 rings (SSSR count). The first-order chi connectivity index (χ1) is 12.4. The van der Waals surface area contributed by atoms with Crippen LogP contribution in [0.5, 0.6) is 0 Å². The predicted molar refractivity (Wildman–Crippen MR) is 109 cm³/mol. The summed E-state index contributed by atoms with van der Waals surface area (Å²) in [5.41, 5.74) is 1.44. The van der Waals surface area contributed by atoms with Crippen LogP contribution in [0.2, 0.25) is 15.1 Å². The van der Waals surface area contributed by atoms with Crippen molar-refractivity contribution >= 4 is 63.6 Å². The summed E-state index contributed by atoms with van der Waals surface area (Å²) in [5.74, 6) is 0.0300. The van der Waals surface area contributed by atoms with Crippen LogP contribution < -0.4 is 10.6 Å². The normalized spacial score (nSPS) is 10.6. The second kappa shape index (κ2) is 8.22. The number of aromatic nitrogens is 2. The Morgan fingerprint density at radius 2 is 1.85 bits per heavy atom. The average molecular weight is 430 g/mol. The molecule has 0 aliphatic carbocycles. The van der Waals surface area contributed by atoms with Gasteiger partial charge in [-0.1, -0.05) is 46.9 Å². The molecule has 26 heavy (non-hydrogen) atoms. The largest absolute Gasteiger partial charge is 0.332 e. The van der Waals surface area contributed by atoms with Crippen molar-refractivity contribution in [3.63, 3.8) is 0 Å². The van der Waals surface area contributed by atoms with Gasteiger partial charge in [0.1, 0.15) is 10.8 Å². The Morgan fingerprint density at radius 3 is 2.58 bits per heavy atom. The molecule has 0 fully saturated rings. The molecule has 0 unspecified atom stereocenters. The molecule has 0 saturated heterocycles. The first-order valence-electron chi connectivity index (χ1n) is 7.41. The minimum atomic E-state index is -0.360. The Bertz CT molecular complexity index is 961. The molecule has 0 spiro atoms. The first-order valence-corrected chi connectivity index (χ1v) is 8.95. The van der Waals surface area contributed by atoms with Crippen molar-refractivity contribution in [3.8, 4) is 0 Å². The van der Waals surface area contributed by atoms with E-state index >= 15 is 0 Å². The number of benzene rings is 2. The van der Waals surface area contributed by atoms with Crippen molar-refractivity contribution in [1.82, 2.24) is 9.78 Å². The Labute approximate surface area is 169 Å². The Morgan fingerprint density at radius 1 is 1.04 bits per heavy atom. The van der Waals surface area contributed by atoms with E-state index in [2.05, 4.69) is 15.7 Å². The monoisotopic (exact) mass is 428 g/mol. The number of nitrogens with one attached hydrogen (secondary N) is 2. The van der Waals surface area contributed by atoms with E-state index in [0.29, 0.717) is 33.1 Å². The van der Waals surface area contributed by atoms with E-state index in [1.807, 2.05) is 6.07 Å². The van der Waals surface area contributed by atoms with Crippen molar-refractivity contribution in [2.75, 3.05) is 10.6 Å². The van der Waals surface area contributed by atoms with E-state index in [9.17, 15) is 4.39 Å². The second-order valence-electron chi connectivity index (χ2n) is 5.36. The minimum absolute atomic E-state index is 0.247. The number of rotatable bonds is 4. The maximum Gasteiger partial charge on any atom is 0.176 e. The second-order valence-corrected chi connectivity index (χ2v) is 6.99. The summed E-state index contributed by atoms with van der Waals surface area (Å²) < 4.78 is 14.9. The van der Waals surface area contributed by atoms with Crippen LogP contribution in [0.4, 0.5) is 15.9 Å². The first kappa shape index (κ1) is 18.9. The summed E-state index contributed by atoms with van der Waals surface area (Å²) in [4.78, 5) is 0. The van der Waals surface area contributed by atoms with E-state index in [1.165, 1.54) is 12.1 Å². The Kier molecular flexibility index (Phi) is 5.98. The number of anilines is 2. The van der Waals surface area contributed by atoms with Crippen LogP contribution in [-0.4, -0.2) is 14.9 Å². The third-order valence-electron chi connectivity index (χ3n) is 3.36. The van der Waals surface area contributed by atoms with Crippen molar-refractivity contribution in [2.45, 2.75) is 6.54 Å². The van der Waals surface area contributed by atoms with E-state index in [0.717, 1.165) is 5.56 Å². The van der Waals surface area contributed by atoms with E-state index in [1.54, 1.807) is 35.1 Å². The quantitative estimate of drug-likeness (QED) is 0.511. The third-order valence-corrected chi connectivity index (χ3v) is 4.58. The topological polar surface area (TPSA) is 41.9 Å². The molecule has 2 N–H and O–H groups in total. The highest BCUT2D eigenvalue weighted by molar-refractivity contribution is 7.80. The Balaban J connectivity index is 1.67. The van der Waals surface area contributed by atoms with Gasteiger partial charge in [0.05, 0.1) is 16.6 Å². The highest BCUT2D eigenvalue weighted by Crippen LogP contribution is 2.24. The molecular formula is C17H12Cl3FN4S. The van der Waals surface area contributed by atoms with Crippen molar-refractivity contribution < 1.29 is 4.39 Å². The lowest BCUT2D eigenvalue weighted by Gasteiger charge is -2.09. The van der Waals surface area contributed by atoms with Gasteiger partial charge in [0.15, 0.2) is 10.9 Å². The molecule has 0 atom stereocenters. The number of hydrogen-bond donors (Lipinski definition) is 2. The molecule has 1 heterocycles. The van der Waals surface area contributed by atoms with Gasteiger partial charge in [0.25, 0.3) is 0 Å². The molecule has 0 amide bonds. The molecule has 0 saturated carbocycles. The predicted octanol–water partition coefficient (Wildman–Crippen LogP) is 5.84. The number of halogens is 4. The lowest BCUT2D eigenvalue weighted by molar-refractivity contribution is 0.628.